The third-order valence-corrected chi connectivity index (χ3v) is 5.30. The van der Waals surface area contributed by atoms with Crippen LogP contribution in [0, 0.1) is 6.92 Å². The van der Waals surface area contributed by atoms with Crippen molar-refractivity contribution in [3.8, 4) is 0 Å². The van der Waals surface area contributed by atoms with Crippen molar-refractivity contribution in [2.75, 3.05) is 25.6 Å². The van der Waals surface area contributed by atoms with Crippen LogP contribution in [0.2, 0.25) is 0 Å². The number of benzene rings is 1. The lowest BCUT2D eigenvalue weighted by molar-refractivity contribution is -0.116. The number of aryl methyl sites for hydroxylation is 1. The number of nitrogens with zero attached hydrogens (tertiary/aromatic N) is 3. The number of amides is 2. The summed E-state index contributed by atoms with van der Waals surface area (Å²) in [5.41, 5.74) is 2.14. The molecular weight excluding hydrogens is 384 g/mol. The van der Waals surface area contributed by atoms with Gasteiger partial charge in [0, 0.05) is 37.7 Å². The fourth-order valence-electron chi connectivity index (χ4n) is 3.62. The number of methoxy groups -OCH3 is 1. The molecule has 1 fully saturated rings. The van der Waals surface area contributed by atoms with Crippen LogP contribution < -0.4 is 5.32 Å². The maximum atomic E-state index is 13.3. The van der Waals surface area contributed by atoms with Crippen LogP contribution in [-0.4, -0.2) is 47.1 Å². The fourth-order valence-corrected chi connectivity index (χ4v) is 3.62. The number of hydrogen-bond acceptors (Lipinski definition) is 6. The van der Waals surface area contributed by atoms with E-state index in [4.69, 9.17) is 9.26 Å². The molecule has 1 saturated heterocycles. The maximum absolute atomic E-state index is 13.3. The zero-order chi connectivity index (χ0) is 21.5. The molecule has 0 aliphatic carbocycles. The topological polar surface area (TPSA) is 97.6 Å². The van der Waals surface area contributed by atoms with Gasteiger partial charge < -0.3 is 19.5 Å². The Labute approximate surface area is 177 Å². The number of anilines is 1. The molecule has 8 nitrogen and oxygen atoms in total. The highest BCUT2D eigenvalue weighted by molar-refractivity contribution is 5.98. The van der Waals surface area contributed by atoms with Gasteiger partial charge in [-0.2, -0.15) is 4.98 Å². The Bertz CT molecular complexity index is 880. The Morgan fingerprint density at radius 2 is 2.17 bits per heavy atom. The molecule has 1 atom stereocenters. The zero-order valence-electron chi connectivity index (χ0n) is 17.9. The summed E-state index contributed by atoms with van der Waals surface area (Å²) in [4.78, 5) is 31.6. The number of carbonyl (C=O) groups excluding carboxylic acids is 2. The van der Waals surface area contributed by atoms with Crippen molar-refractivity contribution < 1.29 is 18.8 Å². The highest BCUT2D eigenvalue weighted by Gasteiger charge is 2.32. The molecule has 3 rings (SSSR count). The van der Waals surface area contributed by atoms with Gasteiger partial charge in [0.25, 0.3) is 5.91 Å². The highest BCUT2D eigenvalue weighted by Crippen LogP contribution is 2.32. The molecule has 1 aliphatic rings. The van der Waals surface area contributed by atoms with Gasteiger partial charge in [-0.25, -0.2) is 0 Å². The van der Waals surface area contributed by atoms with E-state index >= 15 is 0 Å². The lowest BCUT2D eigenvalue weighted by Crippen LogP contribution is -2.38. The van der Waals surface area contributed by atoms with Crippen LogP contribution in [0.5, 0.6) is 0 Å². The Hall–Kier alpha value is -2.74. The Morgan fingerprint density at radius 3 is 2.93 bits per heavy atom. The van der Waals surface area contributed by atoms with Crippen molar-refractivity contribution in [3.05, 3.63) is 41.0 Å². The van der Waals surface area contributed by atoms with E-state index in [0.29, 0.717) is 49.0 Å². The van der Waals surface area contributed by atoms with Crippen molar-refractivity contribution in [1.82, 2.24) is 15.0 Å². The van der Waals surface area contributed by atoms with Crippen LogP contribution in [0.15, 0.2) is 22.7 Å². The average Bonchev–Trinajstić information content (AvgIpc) is 3.22. The maximum Gasteiger partial charge on any atom is 0.254 e. The third kappa shape index (κ3) is 5.24. The van der Waals surface area contributed by atoms with Crippen LogP contribution in [-0.2, 0) is 16.0 Å². The minimum absolute atomic E-state index is 0.0458. The molecule has 0 saturated carbocycles. The summed E-state index contributed by atoms with van der Waals surface area (Å²) < 4.78 is 10.5. The quantitative estimate of drug-likeness (QED) is 0.708. The minimum Gasteiger partial charge on any atom is -0.384 e. The number of likely N-dealkylation sites (tertiary alicyclic amines) is 1. The second-order valence-electron chi connectivity index (χ2n) is 7.63. The second kappa shape index (κ2) is 10.3. The first-order valence-corrected chi connectivity index (χ1v) is 10.6. The molecule has 1 aromatic carbocycles. The molecule has 2 amide bonds. The number of nitrogens with one attached hydrogen (secondary N) is 1. The van der Waals surface area contributed by atoms with Crippen LogP contribution in [0.25, 0.3) is 0 Å². The summed E-state index contributed by atoms with van der Waals surface area (Å²) in [5.74, 6) is 0.914. The van der Waals surface area contributed by atoms with E-state index in [1.165, 1.54) is 0 Å². The molecular formula is C22H30N4O4. The van der Waals surface area contributed by atoms with E-state index in [-0.39, 0.29) is 17.9 Å². The van der Waals surface area contributed by atoms with Crippen LogP contribution in [0.3, 0.4) is 0 Å². The molecule has 2 aromatic rings. The number of aromatic nitrogens is 2. The summed E-state index contributed by atoms with van der Waals surface area (Å²) in [6, 6.07) is 5.18. The summed E-state index contributed by atoms with van der Waals surface area (Å²) in [6.45, 7) is 5.02. The number of ether oxygens (including phenoxy) is 1. The SMILES string of the molecule is CCCC(=O)Nc1cc(C(=O)N2CCCC[C@@H]2c2nc(CCOC)no2)ccc1C. The molecule has 0 radical (unpaired) electrons. The predicted molar refractivity (Wildman–Crippen MR) is 112 cm³/mol. The van der Waals surface area contributed by atoms with Gasteiger partial charge in [-0.05, 0) is 50.3 Å². The minimum atomic E-state index is -0.241. The van der Waals surface area contributed by atoms with Gasteiger partial charge in [0.15, 0.2) is 5.82 Å². The van der Waals surface area contributed by atoms with Gasteiger partial charge in [-0.1, -0.05) is 18.1 Å². The number of piperidine rings is 1. The molecule has 8 heteroatoms. The van der Waals surface area contributed by atoms with Crippen LogP contribution >= 0.6 is 0 Å². The Kier molecular flexibility index (Phi) is 7.57. The summed E-state index contributed by atoms with van der Waals surface area (Å²) in [5, 5.41) is 6.93. The van der Waals surface area contributed by atoms with E-state index in [1.807, 2.05) is 19.9 Å². The molecule has 162 valence electrons. The second-order valence-corrected chi connectivity index (χ2v) is 7.63. The van der Waals surface area contributed by atoms with Gasteiger partial charge in [0.2, 0.25) is 11.8 Å². The smallest absolute Gasteiger partial charge is 0.254 e. The van der Waals surface area contributed by atoms with Gasteiger partial charge in [-0.15, -0.1) is 0 Å². The summed E-state index contributed by atoms with van der Waals surface area (Å²) in [7, 11) is 1.63. The molecule has 0 spiro atoms. The van der Waals surface area contributed by atoms with Crippen LogP contribution in [0.1, 0.15) is 72.7 Å². The molecule has 30 heavy (non-hydrogen) atoms. The lowest BCUT2D eigenvalue weighted by Gasteiger charge is -2.33. The number of hydrogen-bond donors (Lipinski definition) is 1. The first-order chi connectivity index (χ1) is 14.5. The van der Waals surface area contributed by atoms with Crippen molar-refractivity contribution >= 4 is 17.5 Å². The van der Waals surface area contributed by atoms with E-state index in [2.05, 4.69) is 15.5 Å². The summed E-state index contributed by atoms with van der Waals surface area (Å²) >= 11 is 0. The normalized spacial score (nSPS) is 16.5. The van der Waals surface area contributed by atoms with E-state index in [1.54, 1.807) is 24.1 Å². The van der Waals surface area contributed by atoms with Gasteiger partial charge in [0.05, 0.1) is 6.61 Å². The zero-order valence-corrected chi connectivity index (χ0v) is 17.9. The lowest BCUT2D eigenvalue weighted by atomic mass is 10.00. The van der Waals surface area contributed by atoms with Crippen LogP contribution in [0.4, 0.5) is 5.69 Å². The Morgan fingerprint density at radius 1 is 1.33 bits per heavy atom. The molecule has 0 bridgehead atoms. The number of carbonyl (C=O) groups is 2. The fraction of sp³-hybridized carbons (Fsp3) is 0.545. The predicted octanol–water partition coefficient (Wildman–Crippen LogP) is 3.67. The molecule has 1 aliphatic heterocycles. The Balaban J connectivity index is 1.80. The molecule has 1 aromatic heterocycles. The molecule has 1 N–H and O–H groups in total. The largest absolute Gasteiger partial charge is 0.384 e. The van der Waals surface area contributed by atoms with Gasteiger partial charge in [0.1, 0.15) is 6.04 Å². The number of rotatable bonds is 8. The van der Waals surface area contributed by atoms with Crippen molar-refractivity contribution in [2.45, 2.75) is 58.4 Å². The summed E-state index contributed by atoms with van der Waals surface area (Å²) in [6.07, 6.45) is 4.50. The van der Waals surface area contributed by atoms with Gasteiger partial charge >= 0.3 is 0 Å². The van der Waals surface area contributed by atoms with Crippen molar-refractivity contribution in [2.24, 2.45) is 0 Å². The monoisotopic (exact) mass is 414 g/mol. The average molecular weight is 415 g/mol. The molecule has 2 heterocycles. The van der Waals surface area contributed by atoms with E-state index < -0.39 is 0 Å². The molecule has 0 unspecified atom stereocenters. The van der Waals surface area contributed by atoms with Crippen molar-refractivity contribution in [3.63, 3.8) is 0 Å². The van der Waals surface area contributed by atoms with Crippen molar-refractivity contribution in [1.29, 1.82) is 0 Å². The third-order valence-electron chi connectivity index (χ3n) is 5.30. The van der Waals surface area contributed by atoms with E-state index in [0.717, 1.165) is 31.2 Å². The van der Waals surface area contributed by atoms with Gasteiger partial charge in [-0.3, -0.25) is 9.59 Å². The first kappa shape index (κ1) is 22.0. The van der Waals surface area contributed by atoms with E-state index in [9.17, 15) is 9.59 Å². The first-order valence-electron chi connectivity index (χ1n) is 10.6. The highest BCUT2D eigenvalue weighted by atomic mass is 16.5. The standard InChI is InChI=1S/C22H30N4O4/c1-4-7-20(27)23-17-14-16(10-9-15(17)2)22(28)26-12-6-5-8-18(26)21-24-19(25-30-21)11-13-29-3/h9-10,14,18H,4-8,11-13H2,1-3H3,(H,23,27)/t18-/m1/s1.